The second-order valence-electron chi connectivity index (χ2n) is 4.85. The summed E-state index contributed by atoms with van der Waals surface area (Å²) < 4.78 is 0. The Morgan fingerprint density at radius 1 is 1.21 bits per heavy atom. The Morgan fingerprint density at radius 2 is 1.89 bits per heavy atom. The van der Waals surface area contributed by atoms with Crippen molar-refractivity contribution in [3.8, 4) is 0 Å². The first kappa shape index (κ1) is 15.0. The number of anilines is 1. The van der Waals surface area contributed by atoms with Gasteiger partial charge in [0, 0.05) is 11.7 Å². The SMILES string of the molecule is Cc1ccc(C)c(NCC(=O)NC(=O)NC(C)C)c1. The number of imide groups is 1. The molecule has 0 atom stereocenters. The van der Waals surface area contributed by atoms with Crippen LogP contribution >= 0.6 is 0 Å². The Hall–Kier alpha value is -2.04. The van der Waals surface area contributed by atoms with Crippen LogP contribution in [0.5, 0.6) is 0 Å². The van der Waals surface area contributed by atoms with Gasteiger partial charge in [0.15, 0.2) is 0 Å². The van der Waals surface area contributed by atoms with E-state index >= 15 is 0 Å². The minimum Gasteiger partial charge on any atom is -0.376 e. The zero-order chi connectivity index (χ0) is 14.4. The van der Waals surface area contributed by atoms with Crippen LogP contribution in [0.3, 0.4) is 0 Å². The maximum atomic E-state index is 11.6. The lowest BCUT2D eigenvalue weighted by atomic mass is 10.1. The van der Waals surface area contributed by atoms with Crippen molar-refractivity contribution in [1.82, 2.24) is 10.6 Å². The first-order valence-electron chi connectivity index (χ1n) is 6.30. The van der Waals surface area contributed by atoms with E-state index in [1.165, 1.54) is 0 Å². The average molecular weight is 263 g/mol. The molecule has 0 spiro atoms. The van der Waals surface area contributed by atoms with Crippen LogP contribution < -0.4 is 16.0 Å². The number of hydrogen-bond donors (Lipinski definition) is 3. The number of nitrogens with one attached hydrogen (secondary N) is 3. The topological polar surface area (TPSA) is 70.2 Å². The highest BCUT2D eigenvalue weighted by atomic mass is 16.2. The first-order chi connectivity index (χ1) is 8.88. The van der Waals surface area contributed by atoms with Crippen molar-refractivity contribution >= 4 is 17.6 Å². The van der Waals surface area contributed by atoms with Crippen LogP contribution in [-0.4, -0.2) is 24.5 Å². The van der Waals surface area contributed by atoms with Crippen molar-refractivity contribution in [1.29, 1.82) is 0 Å². The largest absolute Gasteiger partial charge is 0.376 e. The molecule has 0 unspecified atom stereocenters. The number of amides is 3. The van der Waals surface area contributed by atoms with E-state index in [4.69, 9.17) is 0 Å². The molecule has 0 aliphatic heterocycles. The number of aryl methyl sites for hydroxylation is 2. The lowest BCUT2D eigenvalue weighted by Crippen LogP contribution is -2.44. The van der Waals surface area contributed by atoms with Crippen LogP contribution in [0.15, 0.2) is 18.2 Å². The summed E-state index contributed by atoms with van der Waals surface area (Å²) in [6.07, 6.45) is 0. The number of hydrogen-bond acceptors (Lipinski definition) is 3. The quantitative estimate of drug-likeness (QED) is 0.777. The summed E-state index contributed by atoms with van der Waals surface area (Å²) in [5, 5.41) is 7.88. The van der Waals surface area contributed by atoms with Gasteiger partial charge < -0.3 is 10.6 Å². The molecule has 0 saturated heterocycles. The van der Waals surface area contributed by atoms with Gasteiger partial charge >= 0.3 is 6.03 Å². The first-order valence-corrected chi connectivity index (χ1v) is 6.30. The second kappa shape index (κ2) is 6.78. The molecule has 0 aliphatic rings. The molecule has 3 N–H and O–H groups in total. The van der Waals surface area contributed by atoms with Gasteiger partial charge in [-0.2, -0.15) is 0 Å². The smallest absolute Gasteiger partial charge is 0.321 e. The summed E-state index contributed by atoms with van der Waals surface area (Å²) in [4.78, 5) is 22.9. The van der Waals surface area contributed by atoms with Crippen LogP contribution in [-0.2, 0) is 4.79 Å². The lowest BCUT2D eigenvalue weighted by molar-refractivity contribution is -0.118. The van der Waals surface area contributed by atoms with Gasteiger partial charge in [-0.15, -0.1) is 0 Å². The summed E-state index contributed by atoms with van der Waals surface area (Å²) in [5.41, 5.74) is 3.08. The second-order valence-corrected chi connectivity index (χ2v) is 4.85. The van der Waals surface area contributed by atoms with Crippen LogP contribution in [0.2, 0.25) is 0 Å². The maximum absolute atomic E-state index is 11.6. The molecule has 0 aromatic heterocycles. The van der Waals surface area contributed by atoms with Crippen LogP contribution in [0.25, 0.3) is 0 Å². The molecule has 0 bridgehead atoms. The van der Waals surface area contributed by atoms with Gasteiger partial charge in [-0.3, -0.25) is 10.1 Å². The molecule has 5 heteroatoms. The molecule has 1 rings (SSSR count). The highest BCUT2D eigenvalue weighted by Gasteiger charge is 2.08. The van der Waals surface area contributed by atoms with Crippen molar-refractivity contribution in [2.24, 2.45) is 0 Å². The van der Waals surface area contributed by atoms with E-state index in [1.807, 2.05) is 45.9 Å². The lowest BCUT2D eigenvalue weighted by Gasteiger charge is -2.12. The van der Waals surface area contributed by atoms with E-state index in [0.29, 0.717) is 0 Å². The van der Waals surface area contributed by atoms with Crippen molar-refractivity contribution in [2.45, 2.75) is 33.7 Å². The molecule has 1 aromatic carbocycles. The Labute approximate surface area is 113 Å². The molecule has 19 heavy (non-hydrogen) atoms. The molecule has 0 aliphatic carbocycles. The summed E-state index contributed by atoms with van der Waals surface area (Å²) in [7, 11) is 0. The monoisotopic (exact) mass is 263 g/mol. The Bertz CT molecular complexity index is 470. The van der Waals surface area contributed by atoms with Gasteiger partial charge in [-0.1, -0.05) is 12.1 Å². The summed E-state index contributed by atoms with van der Waals surface area (Å²) >= 11 is 0. The van der Waals surface area contributed by atoms with Crippen molar-refractivity contribution in [3.63, 3.8) is 0 Å². The van der Waals surface area contributed by atoms with E-state index in [1.54, 1.807) is 0 Å². The standard InChI is InChI=1S/C14H21N3O2/c1-9(2)16-14(19)17-13(18)8-15-12-7-10(3)5-6-11(12)4/h5-7,9,15H,8H2,1-4H3,(H2,16,17,18,19). The molecule has 3 amide bonds. The summed E-state index contributed by atoms with van der Waals surface area (Å²) in [6, 6.07) is 5.50. The number of urea groups is 1. The Morgan fingerprint density at radius 3 is 2.53 bits per heavy atom. The van der Waals surface area contributed by atoms with Gasteiger partial charge in [0.25, 0.3) is 0 Å². The van der Waals surface area contributed by atoms with Crippen LogP contribution in [0.4, 0.5) is 10.5 Å². The van der Waals surface area contributed by atoms with Crippen LogP contribution in [0.1, 0.15) is 25.0 Å². The zero-order valence-electron chi connectivity index (χ0n) is 11.8. The fourth-order valence-electron chi connectivity index (χ4n) is 1.57. The number of benzene rings is 1. The predicted molar refractivity (Wildman–Crippen MR) is 76.2 cm³/mol. The number of carbonyl (C=O) groups is 2. The minimum absolute atomic E-state index is 0.000207. The van der Waals surface area contributed by atoms with Gasteiger partial charge in [0.2, 0.25) is 5.91 Å². The van der Waals surface area contributed by atoms with E-state index < -0.39 is 6.03 Å². The molecular formula is C14H21N3O2. The Balaban J connectivity index is 2.46. The van der Waals surface area contributed by atoms with Gasteiger partial charge in [-0.05, 0) is 44.9 Å². The van der Waals surface area contributed by atoms with E-state index in [9.17, 15) is 9.59 Å². The number of rotatable bonds is 4. The molecule has 104 valence electrons. The fraction of sp³-hybridized carbons (Fsp3) is 0.429. The van der Waals surface area contributed by atoms with Crippen molar-refractivity contribution in [3.05, 3.63) is 29.3 Å². The third kappa shape index (κ3) is 5.42. The molecule has 1 aromatic rings. The van der Waals surface area contributed by atoms with Gasteiger partial charge in [-0.25, -0.2) is 4.79 Å². The third-order valence-electron chi connectivity index (χ3n) is 2.51. The molecule has 0 fully saturated rings. The maximum Gasteiger partial charge on any atom is 0.321 e. The number of carbonyl (C=O) groups excluding carboxylic acids is 2. The zero-order valence-corrected chi connectivity index (χ0v) is 11.8. The molecular weight excluding hydrogens is 242 g/mol. The van der Waals surface area contributed by atoms with E-state index in [2.05, 4.69) is 16.0 Å². The summed E-state index contributed by atoms with van der Waals surface area (Å²) in [5.74, 6) is -0.362. The Kier molecular flexibility index (Phi) is 5.36. The fourth-order valence-corrected chi connectivity index (χ4v) is 1.57. The van der Waals surface area contributed by atoms with Gasteiger partial charge in [0.1, 0.15) is 0 Å². The molecule has 0 radical (unpaired) electrons. The molecule has 5 nitrogen and oxygen atoms in total. The van der Waals surface area contributed by atoms with Crippen LogP contribution in [0, 0.1) is 13.8 Å². The average Bonchev–Trinajstić information content (AvgIpc) is 2.29. The normalized spacial score (nSPS) is 10.2. The van der Waals surface area contributed by atoms with E-state index in [0.717, 1.165) is 16.8 Å². The predicted octanol–water partition coefficient (Wildman–Crippen LogP) is 1.95. The van der Waals surface area contributed by atoms with Crippen molar-refractivity contribution in [2.75, 3.05) is 11.9 Å². The highest BCUT2D eigenvalue weighted by molar-refractivity contribution is 5.96. The molecule has 0 saturated carbocycles. The van der Waals surface area contributed by atoms with Gasteiger partial charge in [0.05, 0.1) is 6.54 Å². The molecule has 0 heterocycles. The van der Waals surface area contributed by atoms with Crippen molar-refractivity contribution < 1.29 is 9.59 Å². The van der Waals surface area contributed by atoms with E-state index in [-0.39, 0.29) is 18.5 Å². The summed E-state index contributed by atoms with van der Waals surface area (Å²) in [6.45, 7) is 7.68. The highest BCUT2D eigenvalue weighted by Crippen LogP contribution is 2.15. The minimum atomic E-state index is -0.470. The third-order valence-corrected chi connectivity index (χ3v) is 2.51.